The first-order chi connectivity index (χ1) is 15.7. The van der Waals surface area contributed by atoms with Crippen molar-refractivity contribution < 1.29 is 4.39 Å². The predicted molar refractivity (Wildman–Crippen MR) is 137 cm³/mol. The zero-order chi connectivity index (χ0) is 22.3. The summed E-state index contributed by atoms with van der Waals surface area (Å²) in [4.78, 5) is 0. The topological polar surface area (TPSA) is 0 Å². The Hall–Kier alpha value is -2.67. The number of rotatable bonds is 8. The molecule has 0 bridgehead atoms. The van der Waals surface area contributed by atoms with Crippen LogP contribution < -0.4 is 0 Å². The number of halogens is 1. The van der Waals surface area contributed by atoms with Crippen molar-refractivity contribution >= 4 is 10.8 Å². The van der Waals surface area contributed by atoms with Gasteiger partial charge >= 0.3 is 0 Å². The normalized spacial score (nSPS) is 18.9. The number of benzene rings is 3. The van der Waals surface area contributed by atoms with Gasteiger partial charge in [0.1, 0.15) is 5.82 Å². The second-order valence-electron chi connectivity index (χ2n) is 9.30. The van der Waals surface area contributed by atoms with Crippen LogP contribution in [0.3, 0.4) is 0 Å². The minimum atomic E-state index is -0.113. The molecule has 4 rings (SSSR count). The molecule has 3 aromatic carbocycles. The lowest BCUT2D eigenvalue weighted by Gasteiger charge is -2.28. The Kier molecular flexibility index (Phi) is 7.58. The van der Waals surface area contributed by atoms with Gasteiger partial charge in [-0.3, -0.25) is 0 Å². The molecule has 0 spiro atoms. The Morgan fingerprint density at radius 1 is 0.938 bits per heavy atom. The standard InChI is InChI=1S/C31H35F/c1-3-5-7-9-24-12-20-30-28(22-24)19-21-29(31(30)32)27-17-15-26(16-18-27)25-13-10-23(11-14-25)8-6-4-2/h3-5,12,15-23,25H,2,6-11,13-14H2,1H3/b5-3+. The summed E-state index contributed by atoms with van der Waals surface area (Å²) in [5, 5.41) is 1.69. The van der Waals surface area contributed by atoms with Gasteiger partial charge in [0.25, 0.3) is 0 Å². The highest BCUT2D eigenvalue weighted by atomic mass is 19.1. The fourth-order valence-corrected chi connectivity index (χ4v) is 5.21. The second-order valence-corrected chi connectivity index (χ2v) is 9.30. The Bertz CT molecular complexity index is 1070. The molecule has 1 aliphatic carbocycles. The smallest absolute Gasteiger partial charge is 0.138 e. The molecule has 1 aliphatic rings. The summed E-state index contributed by atoms with van der Waals surface area (Å²) in [5.41, 5.74) is 4.32. The number of hydrogen-bond acceptors (Lipinski definition) is 0. The largest absolute Gasteiger partial charge is 0.206 e. The Morgan fingerprint density at radius 3 is 2.44 bits per heavy atom. The van der Waals surface area contributed by atoms with Crippen LogP contribution in [-0.2, 0) is 6.42 Å². The van der Waals surface area contributed by atoms with Gasteiger partial charge in [0.05, 0.1) is 0 Å². The van der Waals surface area contributed by atoms with Crippen LogP contribution in [0.4, 0.5) is 4.39 Å². The van der Waals surface area contributed by atoms with Gasteiger partial charge in [-0.2, -0.15) is 0 Å². The summed E-state index contributed by atoms with van der Waals surface area (Å²) in [7, 11) is 0. The highest BCUT2D eigenvalue weighted by molar-refractivity contribution is 5.88. The molecule has 0 atom stereocenters. The minimum absolute atomic E-state index is 0.113. The lowest BCUT2D eigenvalue weighted by Crippen LogP contribution is -2.13. The van der Waals surface area contributed by atoms with E-state index in [1.165, 1.54) is 43.2 Å². The molecule has 3 aromatic rings. The van der Waals surface area contributed by atoms with Crippen molar-refractivity contribution in [1.29, 1.82) is 0 Å². The van der Waals surface area contributed by atoms with E-state index in [0.717, 1.165) is 36.1 Å². The van der Waals surface area contributed by atoms with Gasteiger partial charge in [0, 0.05) is 10.9 Å². The van der Waals surface area contributed by atoms with Gasteiger partial charge in [0.2, 0.25) is 0 Å². The van der Waals surface area contributed by atoms with Crippen molar-refractivity contribution in [3.63, 3.8) is 0 Å². The maximum Gasteiger partial charge on any atom is 0.138 e. The van der Waals surface area contributed by atoms with Crippen LogP contribution >= 0.6 is 0 Å². The Morgan fingerprint density at radius 2 is 1.72 bits per heavy atom. The molecule has 0 radical (unpaired) electrons. The quantitative estimate of drug-likeness (QED) is 0.315. The first-order valence-electron chi connectivity index (χ1n) is 12.2. The highest BCUT2D eigenvalue weighted by Gasteiger charge is 2.22. The van der Waals surface area contributed by atoms with Crippen LogP contribution in [0.1, 0.15) is 68.9 Å². The molecule has 0 amide bonds. The van der Waals surface area contributed by atoms with Gasteiger partial charge in [-0.1, -0.05) is 72.8 Å². The summed E-state index contributed by atoms with van der Waals surface area (Å²) in [6.07, 6.45) is 15.9. The summed E-state index contributed by atoms with van der Waals surface area (Å²) in [6, 6.07) is 18.8. The van der Waals surface area contributed by atoms with Crippen molar-refractivity contribution in [3.05, 3.63) is 96.3 Å². The fourth-order valence-electron chi connectivity index (χ4n) is 5.21. The van der Waals surface area contributed by atoms with E-state index in [2.05, 4.69) is 61.2 Å². The zero-order valence-corrected chi connectivity index (χ0v) is 19.3. The Balaban J connectivity index is 1.47. The number of hydrogen-bond donors (Lipinski definition) is 0. The highest BCUT2D eigenvalue weighted by Crippen LogP contribution is 2.38. The van der Waals surface area contributed by atoms with Crippen molar-refractivity contribution in [3.8, 4) is 11.1 Å². The molecule has 1 heteroatoms. The van der Waals surface area contributed by atoms with Crippen molar-refractivity contribution in [2.45, 2.75) is 64.2 Å². The van der Waals surface area contributed by atoms with Crippen LogP contribution in [0.2, 0.25) is 0 Å². The van der Waals surface area contributed by atoms with Gasteiger partial charge in [-0.15, -0.1) is 6.58 Å². The summed E-state index contributed by atoms with van der Waals surface area (Å²) >= 11 is 0. The molecule has 1 fully saturated rings. The van der Waals surface area contributed by atoms with E-state index in [4.69, 9.17) is 0 Å². The number of fused-ring (bicyclic) bond motifs is 1. The first-order valence-corrected chi connectivity index (χ1v) is 12.2. The van der Waals surface area contributed by atoms with Gasteiger partial charge < -0.3 is 0 Å². The lowest BCUT2D eigenvalue weighted by molar-refractivity contribution is 0.312. The average Bonchev–Trinajstić information content (AvgIpc) is 2.84. The van der Waals surface area contributed by atoms with Gasteiger partial charge in [0.15, 0.2) is 0 Å². The maximum absolute atomic E-state index is 15.4. The molecule has 0 N–H and O–H groups in total. The van der Waals surface area contributed by atoms with Crippen molar-refractivity contribution in [2.75, 3.05) is 0 Å². The average molecular weight is 427 g/mol. The van der Waals surface area contributed by atoms with E-state index in [1.807, 2.05) is 25.1 Å². The molecule has 0 aromatic heterocycles. The molecule has 0 heterocycles. The van der Waals surface area contributed by atoms with Crippen LogP contribution in [0.25, 0.3) is 21.9 Å². The summed E-state index contributed by atoms with van der Waals surface area (Å²) in [6.45, 7) is 5.89. The molecule has 0 saturated heterocycles. The molecule has 166 valence electrons. The molecule has 1 saturated carbocycles. The third kappa shape index (κ3) is 5.21. The minimum Gasteiger partial charge on any atom is -0.206 e. The summed E-state index contributed by atoms with van der Waals surface area (Å²) in [5.74, 6) is 1.39. The van der Waals surface area contributed by atoms with Gasteiger partial charge in [-0.05, 0) is 92.2 Å². The lowest BCUT2D eigenvalue weighted by atomic mass is 9.77. The Labute approximate surface area is 192 Å². The van der Waals surface area contributed by atoms with E-state index in [9.17, 15) is 0 Å². The van der Waals surface area contributed by atoms with E-state index >= 15 is 4.39 Å². The van der Waals surface area contributed by atoms with Crippen LogP contribution in [-0.4, -0.2) is 0 Å². The molecule has 0 nitrogen and oxygen atoms in total. The van der Waals surface area contributed by atoms with Crippen LogP contribution in [0.15, 0.2) is 79.4 Å². The molecular weight excluding hydrogens is 391 g/mol. The number of aryl methyl sites for hydroxylation is 1. The molecule has 0 aliphatic heterocycles. The first kappa shape index (κ1) is 22.5. The molecule has 32 heavy (non-hydrogen) atoms. The van der Waals surface area contributed by atoms with Crippen LogP contribution in [0, 0.1) is 11.7 Å². The zero-order valence-electron chi connectivity index (χ0n) is 19.3. The third-order valence-corrected chi connectivity index (χ3v) is 7.17. The van der Waals surface area contributed by atoms with E-state index in [-0.39, 0.29) is 5.82 Å². The van der Waals surface area contributed by atoms with E-state index in [0.29, 0.717) is 16.9 Å². The van der Waals surface area contributed by atoms with Crippen molar-refractivity contribution in [2.24, 2.45) is 5.92 Å². The monoisotopic (exact) mass is 426 g/mol. The third-order valence-electron chi connectivity index (χ3n) is 7.17. The molecular formula is C31H35F. The van der Waals surface area contributed by atoms with E-state index in [1.54, 1.807) is 0 Å². The number of allylic oxidation sites excluding steroid dienone is 3. The van der Waals surface area contributed by atoms with Gasteiger partial charge in [-0.25, -0.2) is 4.39 Å². The van der Waals surface area contributed by atoms with Crippen molar-refractivity contribution in [1.82, 2.24) is 0 Å². The fraction of sp³-hybridized carbons (Fsp3) is 0.355. The predicted octanol–water partition coefficient (Wildman–Crippen LogP) is 9.39. The van der Waals surface area contributed by atoms with E-state index < -0.39 is 0 Å². The maximum atomic E-state index is 15.4. The molecule has 0 unspecified atom stereocenters. The van der Waals surface area contributed by atoms with Crippen LogP contribution in [0.5, 0.6) is 0 Å². The SMILES string of the molecule is C=CCCC1CCC(c2ccc(-c3ccc4cc(CC/C=C/C)ccc4c3F)cc2)CC1. The summed E-state index contributed by atoms with van der Waals surface area (Å²) < 4.78 is 15.4. The second kappa shape index (κ2) is 10.8.